The van der Waals surface area contributed by atoms with E-state index in [1.165, 1.54) is 7.11 Å². The Hall–Kier alpha value is -3.85. The van der Waals surface area contributed by atoms with Gasteiger partial charge >= 0.3 is 5.97 Å². The lowest BCUT2D eigenvalue weighted by molar-refractivity contribution is 0.0601. The van der Waals surface area contributed by atoms with Crippen molar-refractivity contribution in [2.45, 2.75) is 0 Å². The molecule has 3 N–H and O–H groups in total. The number of hydrogen-bond acceptors (Lipinski definition) is 7. The van der Waals surface area contributed by atoms with Crippen LogP contribution in [0.2, 0.25) is 0 Å². The number of imidazole rings is 1. The first-order valence-corrected chi connectivity index (χ1v) is 10.8. The van der Waals surface area contributed by atoms with Crippen molar-refractivity contribution in [3.63, 3.8) is 0 Å². The van der Waals surface area contributed by atoms with E-state index in [1.54, 1.807) is 29.2 Å². The molecule has 0 unspecified atom stereocenters. The Morgan fingerprint density at radius 2 is 1.91 bits per heavy atom. The lowest BCUT2D eigenvalue weighted by Crippen LogP contribution is -2.44. The minimum Gasteiger partial charge on any atom is -0.509 e. The van der Waals surface area contributed by atoms with E-state index in [2.05, 4.69) is 38.9 Å². The van der Waals surface area contributed by atoms with Crippen molar-refractivity contribution in [2.75, 3.05) is 56.7 Å². The number of methoxy groups -OCH3 is 1. The van der Waals surface area contributed by atoms with Crippen molar-refractivity contribution in [2.24, 2.45) is 0 Å². The Morgan fingerprint density at radius 1 is 1.12 bits per heavy atom. The van der Waals surface area contributed by atoms with Gasteiger partial charge in [0.15, 0.2) is 0 Å². The van der Waals surface area contributed by atoms with Crippen LogP contribution in [0.4, 0.5) is 11.4 Å². The van der Waals surface area contributed by atoms with Crippen LogP contribution in [0.3, 0.4) is 0 Å². The molecule has 5 rings (SSSR count). The first-order valence-electron chi connectivity index (χ1n) is 10.8. The first kappa shape index (κ1) is 21.0. The number of aromatic amines is 1. The molecule has 170 valence electrons. The third-order valence-electron chi connectivity index (χ3n) is 6.25. The lowest BCUT2D eigenvalue weighted by atomic mass is 10.2. The summed E-state index contributed by atoms with van der Waals surface area (Å²) in [6.45, 7) is 4.12. The van der Waals surface area contributed by atoms with Crippen molar-refractivity contribution < 1.29 is 14.6 Å². The van der Waals surface area contributed by atoms with Crippen LogP contribution in [0.5, 0.6) is 0 Å². The number of fused-ring (bicyclic) bond motifs is 1. The van der Waals surface area contributed by atoms with E-state index >= 15 is 0 Å². The minimum absolute atomic E-state index is 0.0572. The first-order chi connectivity index (χ1) is 15.9. The molecular weight excluding hydrogens is 420 g/mol. The monoisotopic (exact) mass is 446 g/mol. The van der Waals surface area contributed by atoms with Gasteiger partial charge in [-0.1, -0.05) is 6.07 Å². The van der Waals surface area contributed by atoms with E-state index < -0.39 is 5.97 Å². The van der Waals surface area contributed by atoms with Crippen LogP contribution >= 0.6 is 0 Å². The Bertz CT molecular complexity index is 1270. The summed E-state index contributed by atoms with van der Waals surface area (Å²) in [6, 6.07) is 12.9. The number of amidine groups is 1. The summed E-state index contributed by atoms with van der Waals surface area (Å²) in [4.78, 5) is 26.1. The van der Waals surface area contributed by atoms with Crippen molar-refractivity contribution in [3.8, 4) is 0 Å². The van der Waals surface area contributed by atoms with Crippen molar-refractivity contribution in [3.05, 3.63) is 59.6 Å². The van der Waals surface area contributed by atoms with E-state index in [1.807, 2.05) is 6.07 Å². The van der Waals surface area contributed by atoms with Gasteiger partial charge in [0, 0.05) is 37.6 Å². The van der Waals surface area contributed by atoms with Gasteiger partial charge in [0.05, 0.1) is 35.8 Å². The molecule has 3 aromatic rings. The van der Waals surface area contributed by atoms with Gasteiger partial charge in [0.1, 0.15) is 17.4 Å². The number of carbonyl (C=O) groups excluding carboxylic acids is 1. The number of aromatic nitrogens is 2. The molecule has 3 heterocycles. The molecule has 0 aliphatic carbocycles. The molecule has 2 aromatic carbocycles. The molecule has 0 atom stereocenters. The molecule has 0 radical (unpaired) electrons. The fourth-order valence-electron chi connectivity index (χ4n) is 4.34. The fraction of sp³-hybridized carbons (Fsp3) is 0.292. The maximum atomic E-state index is 11.9. The molecule has 1 saturated heterocycles. The number of nitrogens with zero attached hydrogens (tertiary/aromatic N) is 4. The van der Waals surface area contributed by atoms with Gasteiger partial charge in [0.25, 0.3) is 0 Å². The van der Waals surface area contributed by atoms with Gasteiger partial charge in [0.2, 0.25) is 0 Å². The zero-order valence-electron chi connectivity index (χ0n) is 18.6. The summed E-state index contributed by atoms with van der Waals surface area (Å²) < 4.78 is 4.79. The van der Waals surface area contributed by atoms with E-state index in [4.69, 9.17) is 10.1 Å². The highest BCUT2D eigenvalue weighted by atomic mass is 16.5. The highest BCUT2D eigenvalue weighted by molar-refractivity contribution is 6.30. The van der Waals surface area contributed by atoms with Crippen LogP contribution < -0.4 is 9.80 Å². The molecule has 0 spiro atoms. The van der Waals surface area contributed by atoms with Gasteiger partial charge in [-0.25, -0.2) is 9.78 Å². The number of nitrogens with one attached hydrogen (secondary N) is 2. The summed E-state index contributed by atoms with van der Waals surface area (Å²) in [7, 11) is 3.46. The van der Waals surface area contributed by atoms with Crippen LogP contribution in [0, 0.1) is 5.41 Å². The average molecular weight is 447 g/mol. The van der Waals surface area contributed by atoms with E-state index in [9.17, 15) is 9.90 Å². The van der Waals surface area contributed by atoms with E-state index in [0.29, 0.717) is 22.6 Å². The second kappa shape index (κ2) is 8.25. The number of aliphatic hydroxyl groups is 1. The largest absolute Gasteiger partial charge is 0.509 e. The zero-order chi connectivity index (χ0) is 23.1. The quantitative estimate of drug-likeness (QED) is 0.529. The number of benzene rings is 2. The van der Waals surface area contributed by atoms with Crippen LogP contribution in [0.15, 0.2) is 48.2 Å². The second-order valence-corrected chi connectivity index (χ2v) is 8.38. The third-order valence-corrected chi connectivity index (χ3v) is 6.25. The second-order valence-electron chi connectivity index (χ2n) is 8.38. The van der Waals surface area contributed by atoms with Crippen LogP contribution in [0.25, 0.3) is 16.6 Å². The third kappa shape index (κ3) is 3.80. The molecule has 2 aliphatic rings. The Labute approximate surface area is 191 Å². The number of anilines is 2. The minimum atomic E-state index is -0.451. The number of hydrogen-bond donors (Lipinski definition) is 3. The van der Waals surface area contributed by atoms with Crippen LogP contribution in [-0.4, -0.2) is 78.7 Å². The number of likely N-dealkylation sites (N-methyl/N-ethyl adjacent to an activating group) is 1. The van der Waals surface area contributed by atoms with E-state index in [0.717, 1.165) is 42.9 Å². The lowest BCUT2D eigenvalue weighted by Gasteiger charge is -2.34. The molecule has 33 heavy (non-hydrogen) atoms. The van der Waals surface area contributed by atoms with E-state index in [-0.39, 0.29) is 18.1 Å². The Morgan fingerprint density at radius 3 is 2.67 bits per heavy atom. The number of ether oxygens (including phenoxy) is 1. The highest BCUT2D eigenvalue weighted by Gasteiger charge is 2.31. The molecule has 9 nitrogen and oxygen atoms in total. The predicted molar refractivity (Wildman–Crippen MR) is 128 cm³/mol. The number of H-pyrrole nitrogens is 1. The maximum Gasteiger partial charge on any atom is 0.337 e. The normalized spacial score (nSPS) is 17.3. The summed E-state index contributed by atoms with van der Waals surface area (Å²) >= 11 is 0. The summed E-state index contributed by atoms with van der Waals surface area (Å²) in [6.07, 6.45) is 0. The zero-order valence-corrected chi connectivity index (χ0v) is 18.6. The number of aliphatic hydroxyl groups excluding tert-OH is 1. The smallest absolute Gasteiger partial charge is 0.337 e. The molecule has 9 heteroatoms. The standard InChI is InChI=1S/C24H26N6O3/c1-28-8-10-29(11-9-28)16-6-7-18-19(13-16)27-23(26-18)21-20(31)14-30(22(21)25)17-5-3-4-15(12-17)24(32)33-2/h3-7,12-13,25,31H,8-11,14H2,1-2H3,(H,26,27). The molecule has 0 bridgehead atoms. The molecule has 2 aliphatic heterocycles. The molecule has 1 fully saturated rings. The van der Waals surface area contributed by atoms with Crippen molar-refractivity contribution in [1.29, 1.82) is 5.41 Å². The SMILES string of the molecule is COC(=O)c1cccc(N2CC(O)=C(c3nc4ccc(N5CCN(C)CC5)cc4[nH]3)C2=N)c1. The summed E-state index contributed by atoms with van der Waals surface area (Å²) in [5.41, 5.74) is 4.14. The predicted octanol–water partition coefficient (Wildman–Crippen LogP) is 2.87. The van der Waals surface area contributed by atoms with Gasteiger partial charge in [-0.15, -0.1) is 0 Å². The van der Waals surface area contributed by atoms with Gasteiger partial charge in [-0.05, 0) is 43.4 Å². The highest BCUT2D eigenvalue weighted by Crippen LogP contribution is 2.32. The number of rotatable bonds is 4. The molecular formula is C24H26N6O3. The number of esters is 1. The fourth-order valence-corrected chi connectivity index (χ4v) is 4.34. The summed E-state index contributed by atoms with van der Waals surface area (Å²) in [5.74, 6) is 0.178. The van der Waals surface area contributed by atoms with Gasteiger partial charge in [-0.2, -0.15) is 0 Å². The van der Waals surface area contributed by atoms with Crippen molar-refractivity contribution >= 4 is 39.8 Å². The Balaban J connectivity index is 1.42. The van der Waals surface area contributed by atoms with Crippen LogP contribution in [-0.2, 0) is 4.74 Å². The van der Waals surface area contributed by atoms with Crippen LogP contribution in [0.1, 0.15) is 16.2 Å². The topological polar surface area (TPSA) is 109 Å². The molecule has 0 saturated carbocycles. The maximum absolute atomic E-state index is 11.9. The average Bonchev–Trinajstić information content (AvgIpc) is 3.38. The van der Waals surface area contributed by atoms with Crippen molar-refractivity contribution in [1.82, 2.24) is 14.9 Å². The van der Waals surface area contributed by atoms with Gasteiger partial charge < -0.3 is 29.5 Å². The van der Waals surface area contributed by atoms with Gasteiger partial charge in [-0.3, -0.25) is 5.41 Å². The number of piperazine rings is 1. The molecule has 1 aromatic heterocycles. The Kier molecular flexibility index (Phi) is 5.26. The summed E-state index contributed by atoms with van der Waals surface area (Å²) in [5, 5.41) is 19.4. The molecule has 0 amide bonds. The number of carbonyl (C=O) groups is 1.